The number of aliphatic hydroxyl groups is 2. The number of esters is 1. The fraction of sp³-hybridized carbons (Fsp3) is 0.536. The minimum Gasteiger partial charge on any atom is -0.463 e. The van der Waals surface area contributed by atoms with Crippen molar-refractivity contribution in [2.24, 2.45) is 5.41 Å². The SMILES string of the molecule is CC(C)c1nc(N(C)S(C)(=O)=O)nc(-c2ccc(F)cc2)c1/C=C/[C@@H](O)C[C@@H](O)CC(=O)OCC(O[N+](=O)[O-])C(C)(C)CO[N+](=O)[O-]. The summed E-state index contributed by atoms with van der Waals surface area (Å²) in [4.78, 5) is 51.5. The third-order valence-electron chi connectivity index (χ3n) is 6.83. The van der Waals surface area contributed by atoms with Gasteiger partial charge in [0.05, 0.1) is 36.3 Å². The number of benzene rings is 1. The van der Waals surface area contributed by atoms with E-state index in [9.17, 15) is 48.0 Å². The highest BCUT2D eigenvalue weighted by molar-refractivity contribution is 7.92. The maximum Gasteiger partial charge on any atom is 0.308 e. The molecule has 0 saturated heterocycles. The van der Waals surface area contributed by atoms with Gasteiger partial charge in [0.2, 0.25) is 16.0 Å². The highest BCUT2D eigenvalue weighted by Gasteiger charge is 2.35. The van der Waals surface area contributed by atoms with Crippen LogP contribution in [0, 0.1) is 31.5 Å². The molecule has 1 aromatic heterocycles. The minimum absolute atomic E-state index is 0.123. The van der Waals surface area contributed by atoms with Crippen LogP contribution in [0.4, 0.5) is 10.3 Å². The van der Waals surface area contributed by atoms with Gasteiger partial charge in [-0.2, -0.15) is 0 Å². The van der Waals surface area contributed by atoms with Gasteiger partial charge < -0.3 is 24.6 Å². The van der Waals surface area contributed by atoms with Crippen LogP contribution in [0.15, 0.2) is 30.3 Å². The van der Waals surface area contributed by atoms with Crippen LogP contribution in [0.1, 0.15) is 57.7 Å². The van der Waals surface area contributed by atoms with Crippen molar-refractivity contribution in [3.8, 4) is 11.3 Å². The zero-order chi connectivity index (χ0) is 35.7. The summed E-state index contributed by atoms with van der Waals surface area (Å²) in [5.41, 5.74) is 0.160. The van der Waals surface area contributed by atoms with Crippen LogP contribution in [0.25, 0.3) is 17.3 Å². The Bertz CT molecular complexity index is 1550. The quantitative estimate of drug-likeness (QED) is 0.130. The summed E-state index contributed by atoms with van der Waals surface area (Å²) >= 11 is 0. The van der Waals surface area contributed by atoms with Crippen LogP contribution < -0.4 is 4.31 Å². The Morgan fingerprint density at radius 1 is 1.13 bits per heavy atom. The number of carbonyl (C=O) groups is 1. The number of anilines is 1. The predicted molar refractivity (Wildman–Crippen MR) is 165 cm³/mol. The van der Waals surface area contributed by atoms with Crippen LogP contribution >= 0.6 is 0 Å². The lowest BCUT2D eigenvalue weighted by Gasteiger charge is -2.30. The number of hydrogen-bond donors (Lipinski definition) is 2. The van der Waals surface area contributed by atoms with Crippen molar-refractivity contribution in [3.63, 3.8) is 0 Å². The first-order valence-electron chi connectivity index (χ1n) is 14.1. The normalized spacial score (nSPS) is 14.0. The molecule has 0 aliphatic heterocycles. The van der Waals surface area contributed by atoms with E-state index < -0.39 is 75.3 Å². The van der Waals surface area contributed by atoms with Gasteiger partial charge in [-0.3, -0.25) is 4.79 Å². The van der Waals surface area contributed by atoms with Gasteiger partial charge in [0, 0.05) is 30.0 Å². The highest BCUT2D eigenvalue weighted by atomic mass is 32.2. The van der Waals surface area contributed by atoms with Gasteiger partial charge in [0.1, 0.15) is 25.1 Å². The number of halogens is 1. The van der Waals surface area contributed by atoms with Crippen LogP contribution in [0.3, 0.4) is 0 Å². The molecular weight excluding hydrogens is 649 g/mol. The summed E-state index contributed by atoms with van der Waals surface area (Å²) in [5.74, 6) is -1.88. The van der Waals surface area contributed by atoms with Crippen LogP contribution in [-0.2, 0) is 29.2 Å². The Balaban J connectivity index is 2.24. The lowest BCUT2D eigenvalue weighted by Crippen LogP contribution is -2.42. The van der Waals surface area contributed by atoms with Gasteiger partial charge in [-0.15, -0.1) is 20.2 Å². The summed E-state index contributed by atoms with van der Waals surface area (Å²) in [6.07, 6.45) is -1.37. The van der Waals surface area contributed by atoms with Gasteiger partial charge in [0.25, 0.3) is 10.2 Å². The fourth-order valence-corrected chi connectivity index (χ4v) is 4.46. The first kappa shape index (κ1) is 38.7. The first-order valence-corrected chi connectivity index (χ1v) is 16.0. The third-order valence-corrected chi connectivity index (χ3v) is 7.99. The second-order valence-corrected chi connectivity index (χ2v) is 13.6. The van der Waals surface area contributed by atoms with E-state index >= 15 is 0 Å². The Morgan fingerprint density at radius 2 is 1.74 bits per heavy atom. The van der Waals surface area contributed by atoms with Crippen molar-refractivity contribution in [3.05, 3.63) is 67.6 Å². The summed E-state index contributed by atoms with van der Waals surface area (Å²) in [6.45, 7) is 5.07. The molecule has 0 spiro atoms. The van der Waals surface area contributed by atoms with Crippen molar-refractivity contribution >= 4 is 28.0 Å². The van der Waals surface area contributed by atoms with E-state index in [0.717, 1.165) is 10.6 Å². The predicted octanol–water partition coefficient (Wildman–Crippen LogP) is 2.67. The minimum atomic E-state index is -3.74. The average Bonchev–Trinajstić information content (AvgIpc) is 2.96. The number of hydrogen-bond acceptors (Lipinski definition) is 14. The number of sulfonamides is 1. The van der Waals surface area contributed by atoms with Crippen LogP contribution in [0.5, 0.6) is 0 Å². The number of rotatable bonds is 18. The molecule has 47 heavy (non-hydrogen) atoms. The Morgan fingerprint density at radius 3 is 2.28 bits per heavy atom. The number of nitrogens with zero attached hydrogens (tertiary/aromatic N) is 5. The van der Waals surface area contributed by atoms with E-state index in [1.54, 1.807) is 0 Å². The molecule has 2 N–H and O–H groups in total. The maximum absolute atomic E-state index is 13.7. The molecule has 0 bridgehead atoms. The molecule has 3 atom stereocenters. The summed E-state index contributed by atoms with van der Waals surface area (Å²) < 4.78 is 44.1. The van der Waals surface area contributed by atoms with Gasteiger partial charge in [-0.1, -0.05) is 39.8 Å². The Kier molecular flexibility index (Phi) is 13.5. The van der Waals surface area contributed by atoms with Gasteiger partial charge in [0.15, 0.2) is 0 Å². The Labute approximate surface area is 270 Å². The number of carbonyl (C=O) groups excluding carboxylic acids is 1. The molecule has 0 aliphatic rings. The molecule has 0 saturated carbocycles. The van der Waals surface area contributed by atoms with Gasteiger partial charge in [-0.25, -0.2) is 27.1 Å². The third kappa shape index (κ3) is 12.0. The summed E-state index contributed by atoms with van der Waals surface area (Å²) in [5, 5.41) is 40.3. The van der Waals surface area contributed by atoms with Crippen molar-refractivity contribution in [1.29, 1.82) is 0 Å². The smallest absolute Gasteiger partial charge is 0.308 e. The number of aliphatic hydroxyl groups excluding tert-OH is 2. The standard InChI is InChI=1S/C28H38FN5O12S/c1-17(2)25-22(26(18-7-9-19(29)10-8-18)31-27(30-25)32(5)47(6,42)43)12-11-20(35)13-21(36)14-24(37)44-15-23(46-34(40)41)28(3,4)16-45-33(38)39/h7-12,17,20-21,23,35-36H,13-16H2,1-6H3/b12-11+/t20-,21-,23?/m1/s1. The van der Waals surface area contributed by atoms with E-state index in [1.807, 2.05) is 13.8 Å². The van der Waals surface area contributed by atoms with Crippen LogP contribution in [-0.4, -0.2) is 89.6 Å². The lowest BCUT2D eigenvalue weighted by atomic mass is 9.88. The topological polar surface area (TPSA) is 235 Å². The average molecular weight is 688 g/mol. The second-order valence-electron chi connectivity index (χ2n) is 11.6. The monoisotopic (exact) mass is 687 g/mol. The lowest BCUT2D eigenvalue weighted by molar-refractivity contribution is -0.780. The van der Waals surface area contributed by atoms with E-state index in [4.69, 9.17) is 4.74 Å². The molecule has 260 valence electrons. The zero-order valence-electron chi connectivity index (χ0n) is 26.6. The molecule has 1 heterocycles. The molecule has 0 radical (unpaired) electrons. The summed E-state index contributed by atoms with van der Waals surface area (Å²) in [7, 11) is -2.45. The van der Waals surface area contributed by atoms with Crippen LogP contribution in [0.2, 0.25) is 0 Å². The Hall–Kier alpha value is -4.49. The maximum atomic E-state index is 13.7. The molecule has 19 heteroatoms. The number of aromatic nitrogens is 2. The molecule has 2 aromatic rings. The van der Waals surface area contributed by atoms with Crippen molar-refractivity contribution in [2.75, 3.05) is 30.8 Å². The molecule has 2 rings (SSSR count). The zero-order valence-corrected chi connectivity index (χ0v) is 27.4. The second kappa shape index (κ2) is 16.4. The highest BCUT2D eigenvalue weighted by Crippen LogP contribution is 2.32. The molecule has 0 aliphatic carbocycles. The molecule has 1 unspecified atom stereocenters. The molecule has 17 nitrogen and oxygen atoms in total. The first-order chi connectivity index (χ1) is 21.7. The van der Waals surface area contributed by atoms with Crippen molar-refractivity contribution in [2.45, 2.75) is 64.8 Å². The summed E-state index contributed by atoms with van der Waals surface area (Å²) in [6, 6.07) is 5.31. The van der Waals surface area contributed by atoms with Gasteiger partial charge in [-0.05, 0) is 30.2 Å². The fourth-order valence-electron chi connectivity index (χ4n) is 4.08. The van der Waals surface area contributed by atoms with E-state index in [-0.39, 0.29) is 24.0 Å². The van der Waals surface area contributed by atoms with Gasteiger partial charge >= 0.3 is 5.97 Å². The van der Waals surface area contributed by atoms with E-state index in [0.29, 0.717) is 16.8 Å². The number of ether oxygens (including phenoxy) is 1. The molecule has 0 fully saturated rings. The molecular formula is C28H38FN5O12S. The van der Waals surface area contributed by atoms with Crippen molar-refractivity contribution < 1.29 is 52.4 Å². The molecule has 1 aromatic carbocycles. The van der Waals surface area contributed by atoms with Crippen molar-refractivity contribution in [1.82, 2.24) is 9.97 Å². The largest absolute Gasteiger partial charge is 0.463 e. The molecule has 0 amide bonds. The van der Waals surface area contributed by atoms with E-state index in [1.165, 1.54) is 57.3 Å². The van der Waals surface area contributed by atoms with E-state index in [2.05, 4.69) is 19.6 Å².